The van der Waals surface area contributed by atoms with Crippen molar-refractivity contribution in [2.45, 2.75) is 0 Å². The number of fused-ring (bicyclic) bond motifs is 1. The summed E-state index contributed by atoms with van der Waals surface area (Å²) in [5.41, 5.74) is 0.894. The van der Waals surface area contributed by atoms with Gasteiger partial charge in [-0.2, -0.15) is 5.26 Å². The van der Waals surface area contributed by atoms with Crippen LogP contribution in [0, 0.1) is 11.3 Å². The van der Waals surface area contributed by atoms with Crippen molar-refractivity contribution in [3.8, 4) is 11.8 Å². The molecule has 1 aromatic rings. The first-order chi connectivity index (χ1) is 9.70. The van der Waals surface area contributed by atoms with Gasteiger partial charge in [0.15, 0.2) is 6.61 Å². The van der Waals surface area contributed by atoms with E-state index in [0.717, 1.165) is 0 Å². The number of nitrogens with zero attached hydrogens (tertiary/aromatic N) is 1. The standard InChI is InChI=1S/C14H7NO3S2/c15-6-8-1-2-9-11(5-8)18-7-10(16)12(13(9)17)14-19-3-4-20-14/h1-5H,7H2. The maximum atomic E-state index is 12.5. The first-order valence-electron chi connectivity index (χ1n) is 5.68. The van der Waals surface area contributed by atoms with Crippen molar-refractivity contribution < 1.29 is 14.3 Å². The average Bonchev–Trinajstić information content (AvgIpc) is 2.94. The smallest absolute Gasteiger partial charge is 0.205 e. The molecule has 2 heterocycles. The van der Waals surface area contributed by atoms with Crippen LogP contribution in [-0.2, 0) is 4.79 Å². The molecule has 1 aromatic carbocycles. The molecular weight excluding hydrogens is 294 g/mol. The highest BCUT2D eigenvalue weighted by Crippen LogP contribution is 2.42. The van der Waals surface area contributed by atoms with Crippen LogP contribution in [0.25, 0.3) is 0 Å². The Kier molecular flexibility index (Phi) is 3.38. The Balaban J connectivity index is 2.13. The van der Waals surface area contributed by atoms with Gasteiger partial charge in [-0.1, -0.05) is 23.5 Å². The summed E-state index contributed by atoms with van der Waals surface area (Å²) in [6.07, 6.45) is 0. The minimum absolute atomic E-state index is 0.174. The first kappa shape index (κ1) is 13.0. The third kappa shape index (κ3) is 2.15. The minimum Gasteiger partial charge on any atom is -0.485 e. The van der Waals surface area contributed by atoms with Gasteiger partial charge in [-0.05, 0) is 29.0 Å². The number of benzene rings is 1. The Morgan fingerprint density at radius 2 is 1.95 bits per heavy atom. The van der Waals surface area contributed by atoms with Gasteiger partial charge in [-0.25, -0.2) is 0 Å². The quantitative estimate of drug-likeness (QED) is 0.542. The molecule has 3 rings (SSSR count). The Hall–Kier alpha value is -1.97. The summed E-state index contributed by atoms with van der Waals surface area (Å²) in [7, 11) is 0. The van der Waals surface area contributed by atoms with Gasteiger partial charge in [0.05, 0.1) is 27.0 Å². The molecule has 0 N–H and O–H groups in total. The zero-order valence-corrected chi connectivity index (χ0v) is 11.7. The summed E-state index contributed by atoms with van der Waals surface area (Å²) in [6, 6.07) is 6.55. The molecule has 0 aromatic heterocycles. The SMILES string of the molecule is N#Cc1ccc2c(c1)OCC(=O)C(=C1SC=CS1)C2=O. The molecule has 98 valence electrons. The van der Waals surface area contributed by atoms with Crippen molar-refractivity contribution in [1.82, 2.24) is 0 Å². The van der Waals surface area contributed by atoms with Crippen molar-refractivity contribution >= 4 is 35.1 Å². The fraction of sp³-hybridized carbons (Fsp3) is 0.0714. The molecule has 0 spiro atoms. The Morgan fingerprint density at radius 3 is 2.65 bits per heavy atom. The van der Waals surface area contributed by atoms with E-state index in [1.807, 2.05) is 16.9 Å². The van der Waals surface area contributed by atoms with Crippen molar-refractivity contribution in [2.75, 3.05) is 6.61 Å². The number of carbonyl (C=O) groups excluding carboxylic acids is 2. The number of hydrogen-bond acceptors (Lipinski definition) is 6. The monoisotopic (exact) mass is 301 g/mol. The van der Waals surface area contributed by atoms with Crippen LogP contribution in [-0.4, -0.2) is 18.2 Å². The zero-order valence-electron chi connectivity index (χ0n) is 10.1. The largest absolute Gasteiger partial charge is 0.485 e. The lowest BCUT2D eigenvalue weighted by Gasteiger charge is -2.05. The number of hydrogen-bond donors (Lipinski definition) is 0. The van der Waals surface area contributed by atoms with Gasteiger partial charge in [-0.3, -0.25) is 9.59 Å². The lowest BCUT2D eigenvalue weighted by Crippen LogP contribution is -2.16. The Labute approximate surface area is 123 Å². The molecule has 20 heavy (non-hydrogen) atoms. The van der Waals surface area contributed by atoms with Gasteiger partial charge in [0, 0.05) is 0 Å². The zero-order chi connectivity index (χ0) is 14.1. The predicted molar refractivity (Wildman–Crippen MR) is 77.3 cm³/mol. The fourth-order valence-electron chi connectivity index (χ4n) is 1.91. The van der Waals surface area contributed by atoms with Gasteiger partial charge >= 0.3 is 0 Å². The number of carbonyl (C=O) groups is 2. The molecule has 0 amide bonds. The molecule has 0 bridgehead atoms. The Bertz CT molecular complexity index is 718. The number of ether oxygens (including phenoxy) is 1. The van der Waals surface area contributed by atoms with Gasteiger partial charge < -0.3 is 4.74 Å². The Morgan fingerprint density at radius 1 is 1.20 bits per heavy atom. The van der Waals surface area contributed by atoms with Crippen molar-refractivity contribution in [3.63, 3.8) is 0 Å². The van der Waals surface area contributed by atoms with E-state index < -0.39 is 0 Å². The van der Waals surface area contributed by atoms with E-state index in [4.69, 9.17) is 10.00 Å². The lowest BCUT2D eigenvalue weighted by atomic mass is 10.0. The number of nitriles is 1. The van der Waals surface area contributed by atoms with Crippen LogP contribution >= 0.6 is 23.5 Å². The average molecular weight is 301 g/mol. The van der Waals surface area contributed by atoms with E-state index in [9.17, 15) is 9.59 Å². The molecule has 0 unspecified atom stereocenters. The normalized spacial score (nSPS) is 17.6. The molecular formula is C14H7NO3S2. The second-order valence-corrected chi connectivity index (χ2v) is 6.12. The maximum Gasteiger partial charge on any atom is 0.205 e. The van der Waals surface area contributed by atoms with Crippen molar-refractivity contribution in [3.05, 3.63) is 50.0 Å². The van der Waals surface area contributed by atoms with Gasteiger partial charge in [0.1, 0.15) is 5.75 Å². The molecule has 2 aliphatic rings. The molecule has 0 saturated heterocycles. The van der Waals surface area contributed by atoms with Crippen LogP contribution in [0.2, 0.25) is 0 Å². The summed E-state index contributed by atoms with van der Waals surface area (Å²) >= 11 is 2.72. The number of ketones is 2. The maximum absolute atomic E-state index is 12.5. The van der Waals surface area contributed by atoms with E-state index in [1.54, 1.807) is 6.07 Å². The van der Waals surface area contributed by atoms with E-state index in [-0.39, 0.29) is 23.7 Å². The van der Waals surface area contributed by atoms with Crippen LogP contribution < -0.4 is 4.74 Å². The topological polar surface area (TPSA) is 67.2 Å². The van der Waals surface area contributed by atoms with Crippen molar-refractivity contribution in [1.29, 1.82) is 5.26 Å². The van der Waals surface area contributed by atoms with Gasteiger partial charge in [-0.15, -0.1) is 0 Å². The number of rotatable bonds is 0. The molecule has 6 heteroatoms. The van der Waals surface area contributed by atoms with E-state index in [0.29, 0.717) is 21.1 Å². The molecule has 0 fully saturated rings. The van der Waals surface area contributed by atoms with Crippen LogP contribution in [0.15, 0.2) is 38.8 Å². The van der Waals surface area contributed by atoms with Gasteiger partial charge in [0.2, 0.25) is 11.6 Å². The summed E-state index contributed by atoms with van der Waals surface area (Å²) < 4.78 is 6.05. The third-order valence-corrected chi connectivity index (χ3v) is 4.96. The summed E-state index contributed by atoms with van der Waals surface area (Å²) in [5, 5.41) is 12.5. The van der Waals surface area contributed by atoms with E-state index >= 15 is 0 Å². The molecule has 0 aliphatic carbocycles. The molecule has 0 saturated carbocycles. The van der Waals surface area contributed by atoms with Gasteiger partial charge in [0.25, 0.3) is 0 Å². The molecule has 0 atom stereocenters. The van der Waals surface area contributed by atoms with Crippen LogP contribution in [0.1, 0.15) is 15.9 Å². The third-order valence-electron chi connectivity index (χ3n) is 2.83. The van der Waals surface area contributed by atoms with Crippen LogP contribution in [0.5, 0.6) is 5.75 Å². The highest BCUT2D eigenvalue weighted by atomic mass is 32.2. The number of thioether (sulfide) groups is 2. The minimum atomic E-state index is -0.342. The summed E-state index contributed by atoms with van der Waals surface area (Å²) in [6.45, 7) is -0.187. The summed E-state index contributed by atoms with van der Waals surface area (Å²) in [5.74, 6) is -0.381. The van der Waals surface area contributed by atoms with E-state index in [2.05, 4.69) is 0 Å². The van der Waals surface area contributed by atoms with E-state index in [1.165, 1.54) is 35.7 Å². The molecule has 4 nitrogen and oxygen atoms in total. The van der Waals surface area contributed by atoms with Crippen LogP contribution in [0.3, 0.4) is 0 Å². The second-order valence-electron chi connectivity index (χ2n) is 4.03. The van der Waals surface area contributed by atoms with Crippen molar-refractivity contribution in [2.24, 2.45) is 0 Å². The predicted octanol–water partition coefficient (Wildman–Crippen LogP) is 2.87. The molecule has 2 aliphatic heterocycles. The highest BCUT2D eigenvalue weighted by Gasteiger charge is 2.31. The fourth-order valence-corrected chi connectivity index (χ4v) is 3.80. The lowest BCUT2D eigenvalue weighted by molar-refractivity contribution is -0.116. The highest BCUT2D eigenvalue weighted by molar-refractivity contribution is 8.27. The summed E-state index contributed by atoms with van der Waals surface area (Å²) in [4.78, 5) is 24.6. The second kappa shape index (κ2) is 5.19. The van der Waals surface area contributed by atoms with Crippen LogP contribution in [0.4, 0.5) is 0 Å². The molecule has 0 radical (unpaired) electrons. The first-order valence-corrected chi connectivity index (χ1v) is 7.44. The number of Topliss-reactive ketones (excluding diaryl/α,β-unsaturated/α-hetero) is 2.